The molecule has 2 aromatic rings. The summed E-state index contributed by atoms with van der Waals surface area (Å²) < 4.78 is 5.66. The third kappa shape index (κ3) is 3.39. The SMILES string of the molecule is Cc1cc(C(NN)c2ccc(OC(C)C)cc2)sc1C. The zero-order chi connectivity index (χ0) is 14.7. The van der Waals surface area contributed by atoms with E-state index in [2.05, 4.69) is 37.5 Å². The lowest BCUT2D eigenvalue weighted by molar-refractivity contribution is 0.242. The molecule has 0 radical (unpaired) electrons. The summed E-state index contributed by atoms with van der Waals surface area (Å²) in [6, 6.07) is 10.3. The predicted octanol–water partition coefficient (Wildman–Crippen LogP) is 3.70. The van der Waals surface area contributed by atoms with E-state index in [9.17, 15) is 0 Å². The molecule has 3 nitrogen and oxygen atoms in total. The molecule has 0 fully saturated rings. The highest BCUT2D eigenvalue weighted by atomic mass is 32.1. The highest BCUT2D eigenvalue weighted by Crippen LogP contribution is 2.31. The average Bonchev–Trinajstić information content (AvgIpc) is 2.72. The van der Waals surface area contributed by atoms with Crippen molar-refractivity contribution in [2.75, 3.05) is 0 Å². The van der Waals surface area contributed by atoms with Crippen molar-refractivity contribution < 1.29 is 4.74 Å². The monoisotopic (exact) mass is 290 g/mol. The summed E-state index contributed by atoms with van der Waals surface area (Å²) in [6.07, 6.45) is 0.187. The smallest absolute Gasteiger partial charge is 0.119 e. The number of hydrogen-bond donors (Lipinski definition) is 2. The van der Waals surface area contributed by atoms with Gasteiger partial charge in [0.1, 0.15) is 5.75 Å². The predicted molar refractivity (Wildman–Crippen MR) is 85.2 cm³/mol. The van der Waals surface area contributed by atoms with E-state index in [0.29, 0.717) is 0 Å². The van der Waals surface area contributed by atoms with Crippen molar-refractivity contribution >= 4 is 11.3 Å². The fraction of sp³-hybridized carbons (Fsp3) is 0.375. The van der Waals surface area contributed by atoms with Gasteiger partial charge in [0.2, 0.25) is 0 Å². The van der Waals surface area contributed by atoms with Crippen LogP contribution in [0.1, 0.15) is 40.8 Å². The van der Waals surface area contributed by atoms with Gasteiger partial charge in [-0.3, -0.25) is 5.84 Å². The molecule has 0 saturated carbocycles. The van der Waals surface area contributed by atoms with E-state index in [0.717, 1.165) is 11.3 Å². The number of hydrazine groups is 1. The summed E-state index contributed by atoms with van der Waals surface area (Å²) in [5.74, 6) is 6.63. The van der Waals surface area contributed by atoms with Crippen LogP contribution in [0.15, 0.2) is 30.3 Å². The fourth-order valence-corrected chi connectivity index (χ4v) is 3.23. The van der Waals surface area contributed by atoms with Crippen LogP contribution < -0.4 is 16.0 Å². The molecule has 3 N–H and O–H groups in total. The molecule has 0 aliphatic rings. The Kier molecular flexibility index (Phi) is 4.81. The lowest BCUT2D eigenvalue weighted by atomic mass is 10.1. The summed E-state index contributed by atoms with van der Waals surface area (Å²) in [5.41, 5.74) is 5.36. The molecule has 0 aliphatic carbocycles. The van der Waals surface area contributed by atoms with Crippen LogP contribution in [0.5, 0.6) is 5.75 Å². The Morgan fingerprint density at radius 2 is 1.80 bits per heavy atom. The van der Waals surface area contributed by atoms with Crippen molar-refractivity contribution in [2.24, 2.45) is 5.84 Å². The van der Waals surface area contributed by atoms with Crippen molar-refractivity contribution in [3.05, 3.63) is 51.2 Å². The number of ether oxygens (including phenoxy) is 1. The van der Waals surface area contributed by atoms with E-state index in [1.165, 1.54) is 15.3 Å². The number of hydrogen-bond acceptors (Lipinski definition) is 4. The van der Waals surface area contributed by atoms with Crippen molar-refractivity contribution in [1.82, 2.24) is 5.43 Å². The van der Waals surface area contributed by atoms with Crippen LogP contribution in [0.3, 0.4) is 0 Å². The molecule has 1 aromatic heterocycles. The first kappa shape index (κ1) is 15.0. The number of aryl methyl sites for hydroxylation is 2. The lowest BCUT2D eigenvalue weighted by Crippen LogP contribution is -2.28. The molecule has 0 aliphatic heterocycles. The van der Waals surface area contributed by atoms with Gasteiger partial charge in [0.25, 0.3) is 0 Å². The van der Waals surface area contributed by atoms with Crippen molar-refractivity contribution in [3.63, 3.8) is 0 Å². The lowest BCUT2D eigenvalue weighted by Gasteiger charge is -2.16. The minimum absolute atomic E-state index is 0.0282. The third-order valence-corrected chi connectivity index (χ3v) is 4.44. The van der Waals surface area contributed by atoms with E-state index in [-0.39, 0.29) is 12.1 Å². The van der Waals surface area contributed by atoms with Crippen LogP contribution in [0, 0.1) is 13.8 Å². The summed E-state index contributed by atoms with van der Waals surface area (Å²) in [4.78, 5) is 2.57. The normalized spacial score (nSPS) is 12.7. The Bertz CT molecular complexity index is 541. The van der Waals surface area contributed by atoms with E-state index < -0.39 is 0 Å². The Hall–Kier alpha value is -1.36. The summed E-state index contributed by atoms with van der Waals surface area (Å²) in [7, 11) is 0. The van der Waals surface area contributed by atoms with Crippen LogP contribution in [-0.2, 0) is 0 Å². The molecule has 1 heterocycles. The minimum Gasteiger partial charge on any atom is -0.491 e. The first-order chi connectivity index (χ1) is 9.51. The van der Waals surface area contributed by atoms with E-state index in [4.69, 9.17) is 10.6 Å². The summed E-state index contributed by atoms with van der Waals surface area (Å²) >= 11 is 1.78. The Balaban J connectivity index is 2.23. The average molecular weight is 290 g/mol. The molecular weight excluding hydrogens is 268 g/mol. The van der Waals surface area contributed by atoms with Gasteiger partial charge in [-0.25, -0.2) is 5.43 Å². The maximum Gasteiger partial charge on any atom is 0.119 e. The summed E-state index contributed by atoms with van der Waals surface area (Å²) in [5, 5.41) is 0. The van der Waals surface area contributed by atoms with Crippen molar-refractivity contribution in [2.45, 2.75) is 39.8 Å². The maximum absolute atomic E-state index is 5.74. The molecule has 0 spiro atoms. The molecule has 20 heavy (non-hydrogen) atoms. The fourth-order valence-electron chi connectivity index (χ4n) is 2.10. The number of thiophene rings is 1. The number of nitrogens with two attached hydrogens (primary N) is 1. The Morgan fingerprint density at radius 1 is 1.15 bits per heavy atom. The Labute approximate surface area is 124 Å². The van der Waals surface area contributed by atoms with Gasteiger partial charge in [0, 0.05) is 9.75 Å². The van der Waals surface area contributed by atoms with Crippen LogP contribution in [0.4, 0.5) is 0 Å². The van der Waals surface area contributed by atoms with Gasteiger partial charge >= 0.3 is 0 Å². The first-order valence-corrected chi connectivity index (χ1v) is 7.62. The summed E-state index contributed by atoms with van der Waals surface area (Å²) in [6.45, 7) is 8.31. The second-order valence-corrected chi connectivity index (χ2v) is 6.51. The van der Waals surface area contributed by atoms with Gasteiger partial charge in [0.15, 0.2) is 0 Å². The van der Waals surface area contributed by atoms with Gasteiger partial charge in [0.05, 0.1) is 12.1 Å². The molecule has 0 bridgehead atoms. The second-order valence-electron chi connectivity index (χ2n) is 5.22. The molecule has 2 rings (SSSR count). The van der Waals surface area contributed by atoms with Crippen LogP contribution >= 0.6 is 11.3 Å². The topological polar surface area (TPSA) is 47.3 Å². The molecule has 108 valence electrons. The largest absolute Gasteiger partial charge is 0.491 e. The van der Waals surface area contributed by atoms with Gasteiger partial charge in [-0.1, -0.05) is 12.1 Å². The van der Waals surface area contributed by atoms with Gasteiger partial charge in [-0.15, -0.1) is 11.3 Å². The third-order valence-electron chi connectivity index (χ3n) is 3.22. The van der Waals surface area contributed by atoms with Crippen molar-refractivity contribution in [3.8, 4) is 5.75 Å². The van der Waals surface area contributed by atoms with E-state index in [1.54, 1.807) is 11.3 Å². The van der Waals surface area contributed by atoms with Crippen LogP contribution in [0.25, 0.3) is 0 Å². The number of nitrogens with one attached hydrogen (secondary N) is 1. The van der Waals surface area contributed by atoms with E-state index in [1.807, 2.05) is 26.0 Å². The molecule has 0 amide bonds. The quantitative estimate of drug-likeness (QED) is 0.652. The molecule has 0 saturated heterocycles. The highest BCUT2D eigenvalue weighted by Gasteiger charge is 2.15. The zero-order valence-electron chi connectivity index (χ0n) is 12.4. The van der Waals surface area contributed by atoms with E-state index >= 15 is 0 Å². The van der Waals surface area contributed by atoms with Gasteiger partial charge in [-0.2, -0.15) is 0 Å². The van der Waals surface area contributed by atoms with Crippen LogP contribution in [0.2, 0.25) is 0 Å². The van der Waals surface area contributed by atoms with Gasteiger partial charge in [-0.05, 0) is 57.0 Å². The Morgan fingerprint density at radius 3 is 2.25 bits per heavy atom. The second kappa shape index (κ2) is 6.39. The van der Waals surface area contributed by atoms with Crippen LogP contribution in [-0.4, -0.2) is 6.10 Å². The maximum atomic E-state index is 5.74. The number of rotatable bonds is 5. The molecule has 4 heteroatoms. The highest BCUT2D eigenvalue weighted by molar-refractivity contribution is 7.12. The first-order valence-electron chi connectivity index (χ1n) is 6.81. The van der Waals surface area contributed by atoms with Crippen molar-refractivity contribution in [1.29, 1.82) is 0 Å². The molecule has 1 unspecified atom stereocenters. The van der Waals surface area contributed by atoms with Gasteiger partial charge < -0.3 is 4.74 Å². The zero-order valence-corrected chi connectivity index (χ0v) is 13.3. The minimum atomic E-state index is 0.0282. The number of benzene rings is 1. The molecular formula is C16H22N2OS. The standard InChI is InChI=1S/C16H22N2OS/c1-10(2)19-14-7-5-13(6-8-14)16(18-17)15-9-11(3)12(4)20-15/h5-10,16,18H,17H2,1-4H3. The molecule has 1 aromatic carbocycles. The molecule has 1 atom stereocenters.